The van der Waals surface area contributed by atoms with E-state index in [-0.39, 0.29) is 52.9 Å². The number of aliphatic hydroxyl groups excluding tert-OH is 2. The largest absolute Gasteiger partial charge is 0.507 e. The SMILES string of the molecule is COc1cccc2c1C(=O)c1c(O)c3c(c(O)c1C2=O)CC(O)(C(=O)CO)CC3OC1CC(NC(=O)OCc2cc(C)c(OC(=O)NC3CCC4C(c5ccccn5)=NN=C(c5ccccn5)C4CCC3N)c(C)c2)C(O)C(C)O1. The summed E-state index contributed by atoms with van der Waals surface area (Å²) in [5, 5.41) is 71.5. The van der Waals surface area contributed by atoms with Crippen molar-refractivity contribution >= 4 is 41.0 Å². The highest BCUT2D eigenvalue weighted by Gasteiger charge is 2.51. The number of amides is 2. The summed E-state index contributed by atoms with van der Waals surface area (Å²) >= 11 is 0. The zero-order chi connectivity index (χ0) is 56.7. The van der Waals surface area contributed by atoms with E-state index in [1.165, 1.54) is 32.2 Å². The first-order valence-electron chi connectivity index (χ1n) is 26.4. The van der Waals surface area contributed by atoms with Gasteiger partial charge in [-0.05, 0) is 106 Å². The number of carbonyl (C=O) groups is 5. The molecule has 0 radical (unpaired) electrons. The van der Waals surface area contributed by atoms with E-state index in [1.54, 1.807) is 38.4 Å². The maximum absolute atomic E-state index is 14.1. The summed E-state index contributed by atoms with van der Waals surface area (Å²) in [6.45, 7) is 3.66. The number of aryl methyl sites for hydroxylation is 2. The molecule has 2 aliphatic heterocycles. The number of methoxy groups -OCH3 is 1. The van der Waals surface area contributed by atoms with Gasteiger partial charge in [-0.15, -0.1) is 0 Å². The van der Waals surface area contributed by atoms with Gasteiger partial charge in [-0.2, -0.15) is 10.2 Å². The molecule has 418 valence electrons. The first-order chi connectivity index (χ1) is 38.4. The lowest BCUT2D eigenvalue weighted by Crippen LogP contribution is -2.56. The van der Waals surface area contributed by atoms with E-state index in [9.17, 15) is 49.5 Å². The van der Waals surface area contributed by atoms with Gasteiger partial charge in [0.2, 0.25) is 5.78 Å². The van der Waals surface area contributed by atoms with Crippen molar-refractivity contribution in [1.29, 1.82) is 0 Å². The van der Waals surface area contributed by atoms with Crippen molar-refractivity contribution in [1.82, 2.24) is 20.6 Å². The van der Waals surface area contributed by atoms with Crippen LogP contribution in [0, 0.1) is 25.7 Å². The van der Waals surface area contributed by atoms with Crippen molar-refractivity contribution in [2.24, 2.45) is 27.8 Å². The number of carbonyl (C=O) groups excluding carboxylic acids is 5. The Kier molecular flexibility index (Phi) is 15.7. The van der Waals surface area contributed by atoms with Crippen LogP contribution in [0.15, 0.2) is 89.3 Å². The number of aliphatic hydroxyl groups is 3. The van der Waals surface area contributed by atoms with E-state index in [4.69, 9.17) is 29.4 Å². The van der Waals surface area contributed by atoms with Crippen LogP contribution in [0.3, 0.4) is 0 Å². The number of nitrogens with zero attached hydrogens (tertiary/aromatic N) is 4. The van der Waals surface area contributed by atoms with Gasteiger partial charge in [0.1, 0.15) is 47.9 Å². The van der Waals surface area contributed by atoms with Gasteiger partial charge in [0.15, 0.2) is 17.9 Å². The van der Waals surface area contributed by atoms with E-state index >= 15 is 0 Å². The third-order valence-electron chi connectivity index (χ3n) is 15.9. The average Bonchev–Trinajstić information content (AvgIpc) is 3.55. The van der Waals surface area contributed by atoms with Gasteiger partial charge in [-0.1, -0.05) is 24.3 Å². The Morgan fingerprint density at radius 2 is 1.45 bits per heavy atom. The number of ether oxygens (including phenoxy) is 5. The van der Waals surface area contributed by atoms with Crippen LogP contribution in [0.4, 0.5) is 9.59 Å². The summed E-state index contributed by atoms with van der Waals surface area (Å²) in [6, 6.07) is 17.2. The summed E-state index contributed by atoms with van der Waals surface area (Å²) in [7, 11) is 1.30. The molecule has 2 fully saturated rings. The predicted molar refractivity (Wildman–Crippen MR) is 285 cm³/mol. The molecule has 9 N–H and O–H groups in total. The van der Waals surface area contributed by atoms with Crippen LogP contribution in [0.5, 0.6) is 23.0 Å². The quantitative estimate of drug-likeness (QED) is 0.0758. The predicted octanol–water partition coefficient (Wildman–Crippen LogP) is 4.87. The molecular formula is C58H61N7O15. The number of ketones is 3. The molecule has 5 aliphatic rings. The van der Waals surface area contributed by atoms with Crippen molar-refractivity contribution in [3.05, 3.63) is 141 Å². The van der Waals surface area contributed by atoms with Crippen LogP contribution in [0.1, 0.15) is 123 Å². The Bertz CT molecular complexity index is 3320. The normalized spacial score (nSPS) is 26.1. The van der Waals surface area contributed by atoms with E-state index in [0.717, 1.165) is 22.8 Å². The topological polar surface area (TPSA) is 333 Å². The van der Waals surface area contributed by atoms with Crippen molar-refractivity contribution in [3.63, 3.8) is 0 Å². The average molecular weight is 1100 g/mol. The standard InChI is InChI=1S/C58H61N7O15/c1-27-20-30(21-28(2)55(27)80-57(74)62-36-17-15-32-31(14-16-35(36)59)48(37-11-5-7-18-60-37)64-65-49(32)38-12-6-8-19-61-38)26-77-56(73)63-39-22-43(78-29(3)50(39)68)79-41-24-58(75,42(67)25-66)23-34-45(41)54(72)47-46(52(34)70)51(69)33-10-9-13-40(76-4)44(33)53(47)71/h5-13,18-21,29,31-32,35-36,39,41,43,50,66,68,70,72,75H,14-17,22-26,59H2,1-4H3,(H,62,74)(H,63,73). The molecule has 4 heterocycles. The number of fused-ring (bicyclic) bond motifs is 4. The van der Waals surface area contributed by atoms with E-state index in [2.05, 4.69) is 30.8 Å². The Hall–Kier alpha value is -7.99. The number of benzene rings is 3. The van der Waals surface area contributed by atoms with Crippen molar-refractivity contribution in [2.75, 3.05) is 13.7 Å². The highest BCUT2D eigenvalue weighted by atomic mass is 16.7. The molecule has 0 spiro atoms. The molecule has 3 aromatic carbocycles. The number of aromatic hydroxyl groups is 2. The van der Waals surface area contributed by atoms with E-state index in [0.29, 0.717) is 48.1 Å². The van der Waals surface area contributed by atoms with Gasteiger partial charge in [-0.25, -0.2) is 9.59 Å². The lowest BCUT2D eigenvalue weighted by atomic mass is 9.72. The molecule has 22 nitrogen and oxygen atoms in total. The van der Waals surface area contributed by atoms with Gasteiger partial charge in [0, 0.05) is 72.3 Å². The zero-order valence-electron chi connectivity index (χ0n) is 44.3. The summed E-state index contributed by atoms with van der Waals surface area (Å²) in [6.07, 6.45) is -2.46. The second-order valence-corrected chi connectivity index (χ2v) is 21.0. The molecule has 1 saturated carbocycles. The summed E-state index contributed by atoms with van der Waals surface area (Å²) < 4.78 is 29.2. The number of phenols is 2. The highest BCUT2D eigenvalue weighted by Crippen LogP contribution is 2.53. The van der Waals surface area contributed by atoms with Crippen LogP contribution in [0.25, 0.3) is 0 Å². The molecule has 22 heteroatoms. The maximum Gasteiger partial charge on any atom is 0.412 e. The first kappa shape index (κ1) is 55.3. The lowest BCUT2D eigenvalue weighted by Gasteiger charge is -2.42. The third-order valence-corrected chi connectivity index (χ3v) is 15.9. The van der Waals surface area contributed by atoms with Crippen LogP contribution in [-0.4, -0.2) is 132 Å². The van der Waals surface area contributed by atoms with Gasteiger partial charge < -0.3 is 65.6 Å². The van der Waals surface area contributed by atoms with Crippen LogP contribution < -0.4 is 25.8 Å². The number of nitrogens with two attached hydrogens (primary N) is 1. The number of rotatable bonds is 12. The first-order valence-corrected chi connectivity index (χ1v) is 26.4. The summed E-state index contributed by atoms with van der Waals surface area (Å²) in [4.78, 5) is 77.4. The van der Waals surface area contributed by atoms with Gasteiger partial charge in [0.25, 0.3) is 0 Å². The van der Waals surface area contributed by atoms with Crippen molar-refractivity contribution < 1.29 is 73.2 Å². The number of alkyl carbamates (subject to hydrolysis) is 1. The van der Waals surface area contributed by atoms with Gasteiger partial charge in [0.05, 0.1) is 64.9 Å². The molecule has 2 aromatic heterocycles. The molecule has 2 amide bonds. The Balaban J connectivity index is 0.786. The molecule has 5 aromatic rings. The Labute approximate surface area is 459 Å². The van der Waals surface area contributed by atoms with Crippen LogP contribution in [0.2, 0.25) is 0 Å². The smallest absolute Gasteiger partial charge is 0.412 e. The minimum absolute atomic E-state index is 0.0238. The second kappa shape index (κ2) is 22.6. The molecular weight excluding hydrogens is 1030 g/mol. The Morgan fingerprint density at radius 1 is 0.812 bits per heavy atom. The number of hydrogen-bond acceptors (Lipinski definition) is 20. The summed E-state index contributed by atoms with van der Waals surface area (Å²) in [5.74, 6) is -4.00. The molecule has 10 atom stereocenters. The fraction of sp³-hybridized carbons (Fsp3) is 0.397. The number of pyridine rings is 2. The van der Waals surface area contributed by atoms with Gasteiger partial charge >= 0.3 is 12.2 Å². The van der Waals surface area contributed by atoms with Crippen molar-refractivity contribution in [2.45, 2.75) is 121 Å². The number of nitrogens with one attached hydrogen (secondary N) is 2. The molecule has 10 rings (SSSR count). The number of phenolic OH excluding ortho intramolecular Hbond substituents is 2. The zero-order valence-corrected chi connectivity index (χ0v) is 44.3. The maximum atomic E-state index is 14.1. The van der Waals surface area contributed by atoms with Crippen LogP contribution in [-0.2, 0) is 32.0 Å². The third kappa shape index (κ3) is 10.5. The molecule has 80 heavy (non-hydrogen) atoms. The van der Waals surface area contributed by atoms with Crippen LogP contribution >= 0.6 is 0 Å². The lowest BCUT2D eigenvalue weighted by molar-refractivity contribution is -0.249. The summed E-state index contributed by atoms with van der Waals surface area (Å²) in [5.41, 5.74) is 7.29. The van der Waals surface area contributed by atoms with E-state index < -0.39 is 120 Å². The second-order valence-electron chi connectivity index (χ2n) is 21.0. The minimum Gasteiger partial charge on any atom is -0.507 e. The number of hydrogen-bond donors (Lipinski definition) is 8. The van der Waals surface area contributed by atoms with Gasteiger partial charge in [-0.3, -0.25) is 24.4 Å². The highest BCUT2D eigenvalue weighted by molar-refractivity contribution is 6.31. The minimum atomic E-state index is -2.39. The van der Waals surface area contributed by atoms with Crippen molar-refractivity contribution in [3.8, 4) is 23.0 Å². The monoisotopic (exact) mass is 1100 g/mol. The fourth-order valence-electron chi connectivity index (χ4n) is 11.9. The molecule has 0 bridgehead atoms. The number of aromatic nitrogens is 2. The van der Waals surface area contributed by atoms with E-state index in [1.807, 2.05) is 36.4 Å². The Morgan fingerprint density at radius 3 is 2.08 bits per heavy atom. The molecule has 10 unspecified atom stereocenters. The fourth-order valence-corrected chi connectivity index (χ4v) is 11.9. The number of Topliss-reactive ketones (excluding diaryl/α,β-unsaturated/α-hetero) is 1. The molecule has 1 saturated heterocycles. The molecule has 3 aliphatic carbocycles.